The maximum Gasteiger partial charge on any atom is 0.227 e. The summed E-state index contributed by atoms with van der Waals surface area (Å²) >= 11 is 0. The lowest BCUT2D eigenvalue weighted by molar-refractivity contribution is -0.120. The summed E-state index contributed by atoms with van der Waals surface area (Å²) in [5, 5.41) is 6.30. The van der Waals surface area contributed by atoms with E-state index in [2.05, 4.69) is 60.7 Å². The standard InChI is InChI=1S/C22H29N3O/c1-22(2,3)17-9-11-18(12-10-17)24-20-14-13-19(15-23-20)25-21(26)16-7-5-4-6-8-16/h9-16H,4-8H2,1-3H3,(H,23,24)(H,25,26). The summed E-state index contributed by atoms with van der Waals surface area (Å²) in [6.45, 7) is 6.62. The Labute approximate surface area is 156 Å². The molecule has 0 aliphatic heterocycles. The maximum absolute atomic E-state index is 12.3. The van der Waals surface area contributed by atoms with Crippen LogP contribution in [0.5, 0.6) is 0 Å². The molecule has 0 unspecified atom stereocenters. The molecule has 3 rings (SSSR count). The quantitative estimate of drug-likeness (QED) is 0.749. The molecule has 0 spiro atoms. The number of carbonyl (C=O) groups is 1. The van der Waals surface area contributed by atoms with E-state index in [-0.39, 0.29) is 17.2 Å². The maximum atomic E-state index is 12.3. The molecule has 1 amide bonds. The van der Waals surface area contributed by atoms with Gasteiger partial charge in [-0.2, -0.15) is 0 Å². The molecule has 0 bridgehead atoms. The molecule has 1 aromatic heterocycles. The zero-order chi connectivity index (χ0) is 18.6. The van der Waals surface area contributed by atoms with E-state index >= 15 is 0 Å². The van der Waals surface area contributed by atoms with Gasteiger partial charge in [0.15, 0.2) is 0 Å². The average molecular weight is 351 g/mol. The van der Waals surface area contributed by atoms with Crippen molar-refractivity contribution in [1.82, 2.24) is 4.98 Å². The summed E-state index contributed by atoms with van der Waals surface area (Å²) in [5.74, 6) is 1.05. The summed E-state index contributed by atoms with van der Waals surface area (Å²) in [7, 11) is 0. The topological polar surface area (TPSA) is 54.0 Å². The van der Waals surface area contributed by atoms with E-state index in [4.69, 9.17) is 0 Å². The second-order valence-electron chi connectivity index (χ2n) is 8.21. The third kappa shape index (κ3) is 4.84. The molecule has 1 aromatic carbocycles. The first kappa shape index (κ1) is 18.4. The number of nitrogens with zero attached hydrogens (tertiary/aromatic N) is 1. The zero-order valence-electron chi connectivity index (χ0n) is 16.0. The fraction of sp³-hybridized carbons (Fsp3) is 0.455. The first-order valence-electron chi connectivity index (χ1n) is 9.56. The highest BCUT2D eigenvalue weighted by Crippen LogP contribution is 2.26. The van der Waals surface area contributed by atoms with Crippen LogP contribution in [0.3, 0.4) is 0 Å². The number of nitrogens with one attached hydrogen (secondary N) is 2. The van der Waals surface area contributed by atoms with Crippen molar-refractivity contribution >= 4 is 23.1 Å². The van der Waals surface area contributed by atoms with Gasteiger partial charge in [0.2, 0.25) is 5.91 Å². The summed E-state index contributed by atoms with van der Waals surface area (Å²) in [4.78, 5) is 16.7. The van der Waals surface area contributed by atoms with Gasteiger partial charge in [-0.1, -0.05) is 52.2 Å². The first-order chi connectivity index (χ1) is 12.4. The number of anilines is 3. The van der Waals surface area contributed by atoms with Gasteiger partial charge in [-0.25, -0.2) is 4.98 Å². The predicted molar refractivity (Wildman–Crippen MR) is 108 cm³/mol. The molecule has 0 radical (unpaired) electrons. The summed E-state index contributed by atoms with van der Waals surface area (Å²) in [6, 6.07) is 12.2. The van der Waals surface area contributed by atoms with Crippen molar-refractivity contribution < 1.29 is 4.79 Å². The number of carbonyl (C=O) groups excluding carboxylic acids is 1. The number of hydrogen-bond acceptors (Lipinski definition) is 3. The average Bonchev–Trinajstić information content (AvgIpc) is 2.64. The third-order valence-electron chi connectivity index (χ3n) is 5.03. The van der Waals surface area contributed by atoms with Crippen LogP contribution < -0.4 is 10.6 Å². The molecule has 1 fully saturated rings. The van der Waals surface area contributed by atoms with Crippen LogP contribution in [0.4, 0.5) is 17.2 Å². The van der Waals surface area contributed by atoms with Gasteiger partial charge in [0.05, 0.1) is 11.9 Å². The lowest BCUT2D eigenvalue weighted by atomic mass is 9.87. The van der Waals surface area contributed by atoms with Crippen LogP contribution >= 0.6 is 0 Å². The van der Waals surface area contributed by atoms with E-state index in [9.17, 15) is 4.79 Å². The molecule has 1 aliphatic rings. The fourth-order valence-electron chi connectivity index (χ4n) is 3.35. The van der Waals surface area contributed by atoms with Gasteiger partial charge >= 0.3 is 0 Å². The minimum Gasteiger partial charge on any atom is -0.340 e. The van der Waals surface area contributed by atoms with Crippen LogP contribution in [-0.2, 0) is 10.2 Å². The van der Waals surface area contributed by atoms with Crippen molar-refractivity contribution in [3.63, 3.8) is 0 Å². The summed E-state index contributed by atoms with van der Waals surface area (Å²) < 4.78 is 0. The normalized spacial score (nSPS) is 15.5. The first-order valence-corrected chi connectivity index (χ1v) is 9.56. The smallest absolute Gasteiger partial charge is 0.227 e. The highest BCUT2D eigenvalue weighted by molar-refractivity contribution is 5.92. The van der Waals surface area contributed by atoms with Crippen molar-refractivity contribution in [2.45, 2.75) is 58.3 Å². The molecule has 26 heavy (non-hydrogen) atoms. The minimum absolute atomic E-state index is 0.130. The zero-order valence-corrected chi connectivity index (χ0v) is 16.0. The van der Waals surface area contributed by atoms with Crippen molar-refractivity contribution in [2.75, 3.05) is 10.6 Å². The molecular weight excluding hydrogens is 322 g/mol. The van der Waals surface area contributed by atoms with Gasteiger partial charge in [-0.15, -0.1) is 0 Å². The second kappa shape index (κ2) is 7.90. The van der Waals surface area contributed by atoms with Crippen LogP contribution in [0.25, 0.3) is 0 Å². The monoisotopic (exact) mass is 351 g/mol. The number of benzene rings is 1. The highest BCUT2D eigenvalue weighted by Gasteiger charge is 2.21. The molecule has 1 aliphatic carbocycles. The molecule has 2 N–H and O–H groups in total. The van der Waals surface area contributed by atoms with E-state index < -0.39 is 0 Å². The van der Waals surface area contributed by atoms with Crippen molar-refractivity contribution in [3.05, 3.63) is 48.2 Å². The van der Waals surface area contributed by atoms with Crippen LogP contribution in [0, 0.1) is 5.92 Å². The van der Waals surface area contributed by atoms with Crippen LogP contribution in [-0.4, -0.2) is 10.9 Å². The SMILES string of the molecule is CC(C)(C)c1ccc(Nc2ccc(NC(=O)C3CCCCC3)cn2)cc1. The number of hydrogen-bond donors (Lipinski definition) is 2. The lowest BCUT2D eigenvalue weighted by Crippen LogP contribution is -2.24. The van der Waals surface area contributed by atoms with Gasteiger partial charge in [-0.3, -0.25) is 4.79 Å². The molecule has 0 atom stereocenters. The Kier molecular flexibility index (Phi) is 5.60. The molecule has 2 aromatic rings. The van der Waals surface area contributed by atoms with Gasteiger partial charge in [0, 0.05) is 11.6 Å². The Hall–Kier alpha value is -2.36. The molecule has 138 valence electrons. The summed E-state index contributed by atoms with van der Waals surface area (Å²) in [6.07, 6.45) is 7.29. The molecule has 1 saturated carbocycles. The van der Waals surface area contributed by atoms with E-state index in [1.165, 1.54) is 12.0 Å². The number of pyridine rings is 1. The Morgan fingerprint density at radius 2 is 1.62 bits per heavy atom. The number of rotatable bonds is 4. The molecule has 4 nitrogen and oxygen atoms in total. The Bertz CT molecular complexity index is 723. The Morgan fingerprint density at radius 3 is 2.19 bits per heavy atom. The Balaban J connectivity index is 1.58. The molecular formula is C22H29N3O. The summed E-state index contributed by atoms with van der Waals surface area (Å²) in [5.41, 5.74) is 3.21. The van der Waals surface area contributed by atoms with Gasteiger partial charge < -0.3 is 10.6 Å². The fourth-order valence-corrected chi connectivity index (χ4v) is 3.35. The van der Waals surface area contributed by atoms with Gasteiger partial charge in [0.1, 0.15) is 5.82 Å². The van der Waals surface area contributed by atoms with Gasteiger partial charge in [0.25, 0.3) is 0 Å². The van der Waals surface area contributed by atoms with Crippen LogP contribution in [0.1, 0.15) is 58.4 Å². The largest absolute Gasteiger partial charge is 0.340 e. The lowest BCUT2D eigenvalue weighted by Gasteiger charge is -2.20. The van der Waals surface area contributed by atoms with E-state index in [0.29, 0.717) is 0 Å². The van der Waals surface area contributed by atoms with E-state index in [1.54, 1.807) is 6.20 Å². The van der Waals surface area contributed by atoms with Gasteiger partial charge in [-0.05, 0) is 48.1 Å². The van der Waals surface area contributed by atoms with Crippen molar-refractivity contribution in [1.29, 1.82) is 0 Å². The van der Waals surface area contributed by atoms with E-state index in [0.717, 1.165) is 42.9 Å². The molecule has 1 heterocycles. The highest BCUT2D eigenvalue weighted by atomic mass is 16.1. The van der Waals surface area contributed by atoms with Crippen molar-refractivity contribution in [2.24, 2.45) is 5.92 Å². The van der Waals surface area contributed by atoms with Crippen LogP contribution in [0.15, 0.2) is 42.6 Å². The second-order valence-corrected chi connectivity index (χ2v) is 8.21. The predicted octanol–water partition coefficient (Wildman–Crippen LogP) is 5.64. The molecule has 4 heteroatoms. The minimum atomic E-state index is 0.130. The van der Waals surface area contributed by atoms with E-state index in [1.807, 2.05) is 12.1 Å². The number of aromatic nitrogens is 1. The number of amides is 1. The third-order valence-corrected chi connectivity index (χ3v) is 5.03. The molecule has 0 saturated heterocycles. The Morgan fingerprint density at radius 1 is 0.962 bits per heavy atom. The van der Waals surface area contributed by atoms with Crippen LogP contribution in [0.2, 0.25) is 0 Å². The van der Waals surface area contributed by atoms with Crippen molar-refractivity contribution in [3.8, 4) is 0 Å².